The third-order valence-electron chi connectivity index (χ3n) is 3.06. The number of hydrogen-bond acceptors (Lipinski definition) is 3. The van der Waals surface area contributed by atoms with Crippen LogP contribution in [0.2, 0.25) is 5.02 Å². The molecule has 0 amide bonds. The molecule has 7 heteroatoms. The zero-order valence-corrected chi connectivity index (χ0v) is 13.0. The van der Waals surface area contributed by atoms with Crippen molar-refractivity contribution in [3.8, 4) is 0 Å². The molecule has 0 bridgehead atoms. The summed E-state index contributed by atoms with van der Waals surface area (Å²) in [6.45, 7) is 2.64. The molecule has 1 aromatic carbocycles. The molecule has 0 spiro atoms. The largest absolute Gasteiger partial charge is 0.466 e. The lowest BCUT2D eigenvalue weighted by Crippen LogP contribution is -2.08. The maximum Gasteiger partial charge on any atom is 0.305 e. The summed E-state index contributed by atoms with van der Waals surface area (Å²) in [5.41, 5.74) is 1.21. The maximum atomic E-state index is 13.6. The van der Waals surface area contributed by atoms with Gasteiger partial charge in [0.1, 0.15) is 11.6 Å². The van der Waals surface area contributed by atoms with Crippen LogP contribution < -0.4 is 0 Å². The van der Waals surface area contributed by atoms with Gasteiger partial charge in [0.15, 0.2) is 0 Å². The topological polar surface area (TPSA) is 44.1 Å². The van der Waals surface area contributed by atoms with Gasteiger partial charge in [-0.2, -0.15) is 0 Å². The fraction of sp³-hybridized carbons (Fsp3) is 0.429. The van der Waals surface area contributed by atoms with E-state index >= 15 is 0 Å². The van der Waals surface area contributed by atoms with Crippen molar-refractivity contribution in [1.82, 2.24) is 9.55 Å². The molecule has 1 heterocycles. The molecule has 0 saturated carbocycles. The van der Waals surface area contributed by atoms with Gasteiger partial charge in [0, 0.05) is 19.0 Å². The number of fused-ring (bicyclic) bond motifs is 1. The number of aryl methyl sites for hydroxylation is 1. The lowest BCUT2D eigenvalue weighted by atomic mass is 10.2. The molecule has 2 rings (SSSR count). The standard InChI is InChI=1S/C14H15Cl2FN2O2/c1-2-21-14(20)4-3-5-19-12-7-10(17)9(16)6-11(12)18-13(19)8-15/h6-7H,2-5,8H2,1H3. The molecule has 0 N–H and O–H groups in total. The molecule has 0 radical (unpaired) electrons. The summed E-state index contributed by atoms with van der Waals surface area (Å²) in [4.78, 5) is 15.7. The van der Waals surface area contributed by atoms with Crippen molar-refractivity contribution >= 4 is 40.2 Å². The van der Waals surface area contributed by atoms with Gasteiger partial charge < -0.3 is 9.30 Å². The molecule has 21 heavy (non-hydrogen) atoms. The van der Waals surface area contributed by atoms with Gasteiger partial charge in [0.2, 0.25) is 0 Å². The third-order valence-corrected chi connectivity index (χ3v) is 3.59. The molecular formula is C14H15Cl2FN2O2. The number of alkyl halides is 1. The molecule has 0 fully saturated rings. The van der Waals surface area contributed by atoms with E-state index in [0.717, 1.165) is 0 Å². The first-order chi connectivity index (χ1) is 10.1. The Morgan fingerprint density at radius 2 is 2.24 bits per heavy atom. The second kappa shape index (κ2) is 7.09. The van der Waals surface area contributed by atoms with E-state index in [0.29, 0.717) is 42.9 Å². The Balaban J connectivity index is 2.21. The van der Waals surface area contributed by atoms with Crippen LogP contribution in [0, 0.1) is 5.82 Å². The van der Waals surface area contributed by atoms with Gasteiger partial charge in [0.05, 0.1) is 28.5 Å². The predicted octanol–water partition coefficient (Wildman–Crippen LogP) is 3.91. The third kappa shape index (κ3) is 3.66. The van der Waals surface area contributed by atoms with E-state index in [1.165, 1.54) is 12.1 Å². The molecule has 114 valence electrons. The number of esters is 1. The second-order valence-corrected chi connectivity index (χ2v) is 5.15. The number of benzene rings is 1. The van der Waals surface area contributed by atoms with Crippen molar-refractivity contribution < 1.29 is 13.9 Å². The zero-order valence-electron chi connectivity index (χ0n) is 11.5. The number of carbonyl (C=O) groups is 1. The van der Waals surface area contributed by atoms with Crippen LogP contribution in [-0.4, -0.2) is 22.1 Å². The Labute approximate surface area is 131 Å². The minimum absolute atomic E-state index is 0.0276. The normalized spacial score (nSPS) is 11.0. The molecule has 1 aromatic heterocycles. The first-order valence-electron chi connectivity index (χ1n) is 6.62. The Bertz CT molecular complexity index is 658. The molecule has 4 nitrogen and oxygen atoms in total. The van der Waals surface area contributed by atoms with Gasteiger partial charge in [-0.3, -0.25) is 4.79 Å². The van der Waals surface area contributed by atoms with Gasteiger partial charge in [-0.1, -0.05) is 11.6 Å². The number of imidazole rings is 1. The van der Waals surface area contributed by atoms with Crippen LogP contribution in [0.5, 0.6) is 0 Å². The van der Waals surface area contributed by atoms with E-state index in [-0.39, 0.29) is 16.9 Å². The quantitative estimate of drug-likeness (QED) is 0.595. The fourth-order valence-corrected chi connectivity index (χ4v) is 2.50. The van der Waals surface area contributed by atoms with Crippen LogP contribution >= 0.6 is 23.2 Å². The summed E-state index contributed by atoms with van der Waals surface area (Å²) < 4.78 is 20.3. The van der Waals surface area contributed by atoms with Crippen molar-refractivity contribution in [2.24, 2.45) is 0 Å². The maximum absolute atomic E-state index is 13.6. The summed E-state index contributed by atoms with van der Waals surface area (Å²) in [7, 11) is 0. The number of aromatic nitrogens is 2. The molecule has 0 saturated heterocycles. The number of halogens is 3. The van der Waals surface area contributed by atoms with E-state index in [1.807, 2.05) is 0 Å². The average Bonchev–Trinajstić information content (AvgIpc) is 2.77. The summed E-state index contributed by atoms with van der Waals surface area (Å²) in [5, 5.41) is 0.0276. The molecule has 2 aromatic rings. The van der Waals surface area contributed by atoms with Crippen LogP contribution in [0.3, 0.4) is 0 Å². The molecular weight excluding hydrogens is 318 g/mol. The molecule has 0 aliphatic heterocycles. The lowest BCUT2D eigenvalue weighted by Gasteiger charge is -2.07. The van der Waals surface area contributed by atoms with E-state index in [4.69, 9.17) is 27.9 Å². The smallest absolute Gasteiger partial charge is 0.305 e. The number of rotatable bonds is 6. The molecule has 0 aliphatic carbocycles. The van der Waals surface area contributed by atoms with Crippen molar-refractivity contribution in [1.29, 1.82) is 0 Å². The van der Waals surface area contributed by atoms with Crippen molar-refractivity contribution in [2.75, 3.05) is 6.61 Å². The Kier molecular flexibility index (Phi) is 5.42. The van der Waals surface area contributed by atoms with E-state index in [1.54, 1.807) is 11.5 Å². The van der Waals surface area contributed by atoms with Crippen LogP contribution in [0.25, 0.3) is 11.0 Å². The fourth-order valence-electron chi connectivity index (χ4n) is 2.14. The van der Waals surface area contributed by atoms with Gasteiger partial charge in [-0.05, 0) is 19.4 Å². The number of hydrogen-bond donors (Lipinski definition) is 0. The minimum atomic E-state index is -0.503. The molecule has 0 aliphatic rings. The zero-order chi connectivity index (χ0) is 15.4. The highest BCUT2D eigenvalue weighted by molar-refractivity contribution is 6.31. The van der Waals surface area contributed by atoms with Crippen molar-refractivity contribution in [2.45, 2.75) is 32.2 Å². The average molecular weight is 333 g/mol. The van der Waals surface area contributed by atoms with Crippen LogP contribution in [-0.2, 0) is 22.0 Å². The van der Waals surface area contributed by atoms with Crippen LogP contribution in [0.1, 0.15) is 25.6 Å². The number of nitrogens with zero attached hydrogens (tertiary/aromatic N) is 2. The Hall–Kier alpha value is -1.33. The highest BCUT2D eigenvalue weighted by Gasteiger charge is 2.13. The van der Waals surface area contributed by atoms with Crippen molar-refractivity contribution in [3.05, 3.63) is 28.8 Å². The minimum Gasteiger partial charge on any atom is -0.466 e. The molecule has 0 unspecified atom stereocenters. The predicted molar refractivity (Wildman–Crippen MR) is 80.1 cm³/mol. The number of carbonyl (C=O) groups excluding carboxylic acids is 1. The SMILES string of the molecule is CCOC(=O)CCCn1c(CCl)nc2cc(Cl)c(F)cc21. The van der Waals surface area contributed by atoms with Gasteiger partial charge in [0.25, 0.3) is 0 Å². The first-order valence-corrected chi connectivity index (χ1v) is 7.53. The van der Waals surface area contributed by atoms with Crippen LogP contribution in [0.4, 0.5) is 4.39 Å². The van der Waals surface area contributed by atoms with Gasteiger partial charge in [-0.15, -0.1) is 11.6 Å². The summed E-state index contributed by atoms with van der Waals surface area (Å²) >= 11 is 11.6. The van der Waals surface area contributed by atoms with Crippen LogP contribution in [0.15, 0.2) is 12.1 Å². The number of ether oxygens (including phenoxy) is 1. The van der Waals surface area contributed by atoms with Crippen molar-refractivity contribution in [3.63, 3.8) is 0 Å². The Morgan fingerprint density at radius 3 is 2.90 bits per heavy atom. The van der Waals surface area contributed by atoms with E-state index in [2.05, 4.69) is 4.98 Å². The van der Waals surface area contributed by atoms with E-state index in [9.17, 15) is 9.18 Å². The summed E-state index contributed by atoms with van der Waals surface area (Å²) in [6, 6.07) is 2.81. The van der Waals surface area contributed by atoms with Gasteiger partial charge >= 0.3 is 5.97 Å². The second-order valence-electron chi connectivity index (χ2n) is 4.48. The lowest BCUT2D eigenvalue weighted by molar-refractivity contribution is -0.143. The van der Waals surface area contributed by atoms with Gasteiger partial charge in [-0.25, -0.2) is 9.37 Å². The summed E-state index contributed by atoms with van der Waals surface area (Å²) in [6.07, 6.45) is 0.865. The highest BCUT2D eigenvalue weighted by atomic mass is 35.5. The highest BCUT2D eigenvalue weighted by Crippen LogP contribution is 2.25. The monoisotopic (exact) mass is 332 g/mol. The Morgan fingerprint density at radius 1 is 1.48 bits per heavy atom. The van der Waals surface area contributed by atoms with E-state index < -0.39 is 5.82 Å². The summed E-state index contributed by atoms with van der Waals surface area (Å²) in [5.74, 6) is 0.0745. The molecule has 0 atom stereocenters. The first kappa shape index (κ1) is 16.0.